The predicted octanol–water partition coefficient (Wildman–Crippen LogP) is 4.69. The molecule has 3 atom stereocenters. The van der Waals surface area contributed by atoms with Crippen molar-refractivity contribution < 1.29 is 0 Å². The minimum atomic E-state index is 0.823. The Balaban J connectivity index is 1.62. The maximum atomic E-state index is 6.13. The Hall–Kier alpha value is -0.530. The fourth-order valence-corrected chi connectivity index (χ4v) is 3.87. The summed E-state index contributed by atoms with van der Waals surface area (Å²) in [6.07, 6.45) is 8.16. The van der Waals surface area contributed by atoms with Crippen molar-refractivity contribution in [3.63, 3.8) is 0 Å². The van der Waals surface area contributed by atoms with Crippen molar-refractivity contribution in [1.82, 2.24) is 5.32 Å². The quantitative estimate of drug-likeness (QED) is 0.830. The van der Waals surface area contributed by atoms with Crippen molar-refractivity contribution in [3.8, 4) is 0 Å². The second-order valence-electron chi connectivity index (χ2n) is 6.95. The summed E-state index contributed by atoms with van der Waals surface area (Å²) < 4.78 is 0. The van der Waals surface area contributed by atoms with Crippen LogP contribution in [0.5, 0.6) is 0 Å². The summed E-state index contributed by atoms with van der Waals surface area (Å²) in [7, 11) is 0. The number of benzene rings is 1. The van der Waals surface area contributed by atoms with Gasteiger partial charge in [-0.15, -0.1) is 0 Å². The van der Waals surface area contributed by atoms with Crippen molar-refractivity contribution in [2.45, 2.75) is 51.5 Å². The van der Waals surface area contributed by atoms with E-state index in [-0.39, 0.29) is 0 Å². The van der Waals surface area contributed by atoms with Crippen LogP contribution in [0.25, 0.3) is 0 Å². The van der Waals surface area contributed by atoms with E-state index >= 15 is 0 Å². The lowest BCUT2D eigenvalue weighted by Crippen LogP contribution is -2.34. The van der Waals surface area contributed by atoms with E-state index in [2.05, 4.69) is 30.4 Å². The van der Waals surface area contributed by atoms with Gasteiger partial charge in [0, 0.05) is 11.1 Å². The van der Waals surface area contributed by atoms with E-state index in [0.29, 0.717) is 0 Å². The second-order valence-corrected chi connectivity index (χ2v) is 7.39. The predicted molar refractivity (Wildman–Crippen MR) is 86.2 cm³/mol. The normalized spacial score (nSPS) is 30.4. The van der Waals surface area contributed by atoms with Gasteiger partial charge in [0.2, 0.25) is 0 Å². The van der Waals surface area contributed by atoms with Crippen LogP contribution in [-0.2, 0) is 6.42 Å². The fraction of sp³-hybridized carbons (Fsp3) is 0.667. The molecule has 1 N–H and O–H groups in total. The van der Waals surface area contributed by atoms with E-state index in [1.54, 1.807) is 0 Å². The van der Waals surface area contributed by atoms with Crippen LogP contribution in [0, 0.1) is 17.8 Å². The molecule has 0 amide bonds. The van der Waals surface area contributed by atoms with Gasteiger partial charge >= 0.3 is 0 Å². The van der Waals surface area contributed by atoms with E-state index in [1.807, 2.05) is 6.07 Å². The highest BCUT2D eigenvalue weighted by molar-refractivity contribution is 6.30. The average molecular weight is 292 g/mol. The summed E-state index contributed by atoms with van der Waals surface area (Å²) in [5, 5.41) is 4.62. The maximum Gasteiger partial charge on any atom is 0.0408 e. The Bertz CT molecular complexity index is 441. The van der Waals surface area contributed by atoms with Crippen LogP contribution in [0.3, 0.4) is 0 Å². The topological polar surface area (TPSA) is 12.0 Å². The van der Waals surface area contributed by atoms with Gasteiger partial charge in [-0.1, -0.05) is 37.1 Å². The van der Waals surface area contributed by atoms with Gasteiger partial charge in [0.05, 0.1) is 0 Å². The lowest BCUT2D eigenvalue weighted by Gasteiger charge is -2.35. The van der Waals surface area contributed by atoms with Gasteiger partial charge in [0.15, 0.2) is 0 Å². The van der Waals surface area contributed by atoms with Gasteiger partial charge in [0.25, 0.3) is 0 Å². The summed E-state index contributed by atoms with van der Waals surface area (Å²) in [6.45, 7) is 3.64. The molecule has 3 rings (SSSR count). The van der Waals surface area contributed by atoms with E-state index < -0.39 is 0 Å². The molecule has 20 heavy (non-hydrogen) atoms. The zero-order valence-electron chi connectivity index (χ0n) is 12.4. The molecule has 1 nitrogen and oxygen atoms in total. The first kappa shape index (κ1) is 14.4. The van der Waals surface area contributed by atoms with Crippen LogP contribution in [-0.4, -0.2) is 12.6 Å². The Morgan fingerprint density at radius 2 is 2.00 bits per heavy atom. The van der Waals surface area contributed by atoms with Gasteiger partial charge in [-0.05, 0) is 74.1 Å². The second kappa shape index (κ2) is 6.49. The Labute approximate surface area is 128 Å². The summed E-state index contributed by atoms with van der Waals surface area (Å²) >= 11 is 6.13. The van der Waals surface area contributed by atoms with Crippen LogP contribution in [0.15, 0.2) is 24.3 Å². The first-order chi connectivity index (χ1) is 9.70. The summed E-state index contributed by atoms with van der Waals surface area (Å²) in [5.41, 5.74) is 1.41. The molecule has 0 saturated heterocycles. The number of halogens is 1. The van der Waals surface area contributed by atoms with Gasteiger partial charge in [0.1, 0.15) is 0 Å². The van der Waals surface area contributed by atoms with Crippen LogP contribution in [0.2, 0.25) is 5.02 Å². The minimum Gasteiger partial charge on any atom is -0.314 e. The number of hydrogen-bond donors (Lipinski definition) is 1. The fourth-order valence-electron chi connectivity index (χ4n) is 3.65. The smallest absolute Gasteiger partial charge is 0.0408 e. The van der Waals surface area contributed by atoms with Crippen molar-refractivity contribution >= 4 is 11.6 Å². The van der Waals surface area contributed by atoms with Crippen molar-refractivity contribution in [3.05, 3.63) is 34.9 Å². The molecule has 2 aliphatic carbocycles. The average Bonchev–Trinajstić information content (AvgIpc) is 3.22. The van der Waals surface area contributed by atoms with Gasteiger partial charge < -0.3 is 5.32 Å². The third kappa shape index (κ3) is 3.99. The van der Waals surface area contributed by atoms with E-state index in [0.717, 1.165) is 28.8 Å². The molecule has 2 fully saturated rings. The molecule has 2 aliphatic rings. The Morgan fingerprint density at radius 3 is 2.75 bits per heavy atom. The Morgan fingerprint density at radius 1 is 1.15 bits per heavy atom. The lowest BCUT2D eigenvalue weighted by atomic mass is 9.72. The SMILES string of the molecule is CC1CCC(CNC2CC2)C(Cc2cccc(Cl)c2)C1. The molecular formula is C18H26ClN. The first-order valence-electron chi connectivity index (χ1n) is 8.18. The number of hydrogen-bond acceptors (Lipinski definition) is 1. The Kier molecular flexibility index (Phi) is 4.68. The van der Waals surface area contributed by atoms with Crippen LogP contribution >= 0.6 is 11.6 Å². The van der Waals surface area contributed by atoms with E-state index in [1.165, 1.54) is 50.6 Å². The molecule has 0 aliphatic heterocycles. The summed E-state index contributed by atoms with van der Waals surface area (Å²) in [4.78, 5) is 0. The zero-order valence-corrected chi connectivity index (χ0v) is 13.2. The molecule has 0 spiro atoms. The van der Waals surface area contributed by atoms with Crippen molar-refractivity contribution in [2.24, 2.45) is 17.8 Å². The minimum absolute atomic E-state index is 0.823. The van der Waals surface area contributed by atoms with Gasteiger partial charge in [-0.2, -0.15) is 0 Å². The van der Waals surface area contributed by atoms with E-state index in [9.17, 15) is 0 Å². The number of rotatable bonds is 5. The molecule has 0 radical (unpaired) electrons. The molecule has 110 valence electrons. The van der Waals surface area contributed by atoms with Crippen LogP contribution in [0.1, 0.15) is 44.6 Å². The summed E-state index contributed by atoms with van der Waals surface area (Å²) in [5.74, 6) is 2.56. The van der Waals surface area contributed by atoms with Crippen molar-refractivity contribution in [1.29, 1.82) is 0 Å². The van der Waals surface area contributed by atoms with Gasteiger partial charge in [-0.3, -0.25) is 0 Å². The molecule has 2 saturated carbocycles. The van der Waals surface area contributed by atoms with Crippen molar-refractivity contribution in [2.75, 3.05) is 6.54 Å². The summed E-state index contributed by atoms with van der Waals surface area (Å²) in [6, 6.07) is 9.27. The molecular weight excluding hydrogens is 266 g/mol. The standard InChI is InChI=1S/C18H26ClN/c1-13-5-6-15(12-20-18-7-8-18)16(9-13)10-14-3-2-4-17(19)11-14/h2-4,11,13,15-16,18,20H,5-10,12H2,1H3. The molecule has 0 aromatic heterocycles. The monoisotopic (exact) mass is 291 g/mol. The highest BCUT2D eigenvalue weighted by Gasteiger charge is 2.30. The largest absolute Gasteiger partial charge is 0.314 e. The van der Waals surface area contributed by atoms with Gasteiger partial charge in [-0.25, -0.2) is 0 Å². The van der Waals surface area contributed by atoms with E-state index in [4.69, 9.17) is 11.6 Å². The first-order valence-corrected chi connectivity index (χ1v) is 8.56. The van der Waals surface area contributed by atoms with Crippen LogP contribution in [0.4, 0.5) is 0 Å². The number of nitrogens with one attached hydrogen (secondary N) is 1. The maximum absolute atomic E-state index is 6.13. The molecule has 0 heterocycles. The third-order valence-electron chi connectivity index (χ3n) is 5.04. The molecule has 3 unspecified atom stereocenters. The third-order valence-corrected chi connectivity index (χ3v) is 5.27. The highest BCUT2D eigenvalue weighted by atomic mass is 35.5. The lowest BCUT2D eigenvalue weighted by molar-refractivity contribution is 0.183. The molecule has 2 heteroatoms. The molecule has 0 bridgehead atoms. The molecule has 1 aromatic carbocycles. The highest BCUT2D eigenvalue weighted by Crippen LogP contribution is 2.36. The molecule has 1 aromatic rings. The zero-order chi connectivity index (χ0) is 13.9. The van der Waals surface area contributed by atoms with Crippen LogP contribution < -0.4 is 5.32 Å².